The van der Waals surface area contributed by atoms with E-state index in [1.807, 2.05) is 37.4 Å². The van der Waals surface area contributed by atoms with Gasteiger partial charge in [-0.2, -0.15) is 0 Å². The third-order valence-corrected chi connectivity index (χ3v) is 3.93. The number of imidazole rings is 1. The molecule has 4 nitrogen and oxygen atoms in total. The first-order valence-electron chi connectivity index (χ1n) is 7.52. The molecule has 1 aliphatic rings. The van der Waals surface area contributed by atoms with Gasteiger partial charge >= 0.3 is 0 Å². The van der Waals surface area contributed by atoms with Crippen LogP contribution in [0.4, 0.5) is 0 Å². The van der Waals surface area contributed by atoms with Gasteiger partial charge in [0, 0.05) is 36.5 Å². The van der Waals surface area contributed by atoms with E-state index in [0.29, 0.717) is 12.5 Å². The highest BCUT2D eigenvalue weighted by atomic mass is 16.1. The van der Waals surface area contributed by atoms with Gasteiger partial charge < -0.3 is 9.88 Å². The minimum absolute atomic E-state index is 0.00978. The maximum absolute atomic E-state index is 12.1. The average molecular weight is 283 g/mol. The molecule has 0 radical (unpaired) electrons. The summed E-state index contributed by atoms with van der Waals surface area (Å²) in [6.07, 6.45) is 4.41. The second-order valence-corrected chi connectivity index (χ2v) is 5.81. The summed E-state index contributed by atoms with van der Waals surface area (Å²) in [5.74, 6) is 1.80. The second kappa shape index (κ2) is 5.72. The van der Waals surface area contributed by atoms with Crippen molar-refractivity contribution in [3.05, 3.63) is 53.1 Å². The molecule has 1 aromatic carbocycles. The van der Waals surface area contributed by atoms with Gasteiger partial charge in [0.1, 0.15) is 5.82 Å². The van der Waals surface area contributed by atoms with Crippen LogP contribution in [0.5, 0.6) is 0 Å². The summed E-state index contributed by atoms with van der Waals surface area (Å²) in [7, 11) is 0. The van der Waals surface area contributed by atoms with Gasteiger partial charge in [-0.05, 0) is 38.8 Å². The van der Waals surface area contributed by atoms with E-state index in [2.05, 4.69) is 21.8 Å². The van der Waals surface area contributed by atoms with E-state index in [0.717, 1.165) is 17.7 Å². The molecule has 0 bridgehead atoms. The van der Waals surface area contributed by atoms with Crippen molar-refractivity contribution in [3.63, 3.8) is 0 Å². The molecule has 0 aliphatic heterocycles. The van der Waals surface area contributed by atoms with Crippen molar-refractivity contribution in [2.45, 2.75) is 39.2 Å². The molecule has 1 aliphatic carbocycles. The maximum atomic E-state index is 12.1. The van der Waals surface area contributed by atoms with Gasteiger partial charge in [-0.25, -0.2) is 4.98 Å². The zero-order chi connectivity index (χ0) is 14.8. The third-order valence-electron chi connectivity index (χ3n) is 3.93. The van der Waals surface area contributed by atoms with E-state index in [4.69, 9.17) is 0 Å². The topological polar surface area (TPSA) is 46.9 Å². The molecule has 2 aromatic rings. The number of nitrogens with one attached hydrogen (secondary N) is 1. The molecule has 1 heterocycles. The summed E-state index contributed by atoms with van der Waals surface area (Å²) in [6.45, 7) is 5.48. The maximum Gasteiger partial charge on any atom is 0.251 e. The van der Waals surface area contributed by atoms with E-state index < -0.39 is 0 Å². The van der Waals surface area contributed by atoms with E-state index in [1.54, 1.807) is 0 Å². The Morgan fingerprint density at radius 1 is 1.38 bits per heavy atom. The van der Waals surface area contributed by atoms with E-state index in [1.165, 1.54) is 24.4 Å². The van der Waals surface area contributed by atoms with Crippen LogP contribution in [0.2, 0.25) is 0 Å². The Bertz CT molecular complexity index is 656. The fourth-order valence-corrected chi connectivity index (χ4v) is 2.61. The van der Waals surface area contributed by atoms with Crippen LogP contribution in [0, 0.1) is 13.8 Å². The first-order valence-corrected chi connectivity index (χ1v) is 7.52. The second-order valence-electron chi connectivity index (χ2n) is 5.81. The number of benzene rings is 1. The Hall–Kier alpha value is -2.10. The Labute approximate surface area is 125 Å². The molecular formula is C17H21N3O. The summed E-state index contributed by atoms with van der Waals surface area (Å²) in [5, 5.41) is 2.99. The Balaban J connectivity index is 1.59. The zero-order valence-electron chi connectivity index (χ0n) is 12.6. The zero-order valence-corrected chi connectivity index (χ0v) is 12.6. The summed E-state index contributed by atoms with van der Waals surface area (Å²) in [4.78, 5) is 16.6. The van der Waals surface area contributed by atoms with Crippen LogP contribution in [0.25, 0.3) is 0 Å². The average Bonchev–Trinajstić information content (AvgIpc) is 3.24. The van der Waals surface area contributed by atoms with Crippen molar-refractivity contribution < 1.29 is 4.79 Å². The number of rotatable bonds is 5. The number of nitrogens with zero attached hydrogens (tertiary/aromatic N) is 2. The number of amides is 1. The number of aromatic nitrogens is 2. The Morgan fingerprint density at radius 3 is 2.90 bits per heavy atom. The smallest absolute Gasteiger partial charge is 0.251 e. The molecular weight excluding hydrogens is 262 g/mol. The van der Waals surface area contributed by atoms with Crippen molar-refractivity contribution in [2.24, 2.45) is 0 Å². The molecule has 0 saturated heterocycles. The quantitative estimate of drug-likeness (QED) is 0.917. The van der Waals surface area contributed by atoms with Crippen molar-refractivity contribution in [1.82, 2.24) is 14.9 Å². The standard InChI is InChI=1S/C17H21N3O/c1-12-4-3-5-15(10-12)17(21)18-8-9-20-13(2)11-19-16(20)14-6-7-14/h3-5,10-11,14H,6-9H2,1-2H3,(H,18,21). The normalized spacial score (nSPS) is 14.2. The first kappa shape index (κ1) is 13.9. The van der Waals surface area contributed by atoms with Crippen LogP contribution in [0.15, 0.2) is 30.5 Å². The summed E-state index contributed by atoms with van der Waals surface area (Å²) >= 11 is 0. The summed E-state index contributed by atoms with van der Waals surface area (Å²) < 4.78 is 2.23. The summed E-state index contributed by atoms with van der Waals surface area (Å²) in [5.41, 5.74) is 2.99. The fraction of sp³-hybridized carbons (Fsp3) is 0.412. The van der Waals surface area contributed by atoms with Crippen LogP contribution in [-0.4, -0.2) is 22.0 Å². The molecule has 1 saturated carbocycles. The lowest BCUT2D eigenvalue weighted by Crippen LogP contribution is -2.28. The van der Waals surface area contributed by atoms with Crippen molar-refractivity contribution in [3.8, 4) is 0 Å². The Kier molecular flexibility index (Phi) is 3.78. The molecule has 0 spiro atoms. The molecule has 0 unspecified atom stereocenters. The Morgan fingerprint density at radius 2 is 2.19 bits per heavy atom. The lowest BCUT2D eigenvalue weighted by molar-refractivity contribution is 0.0952. The van der Waals surface area contributed by atoms with Crippen molar-refractivity contribution >= 4 is 5.91 Å². The highest BCUT2D eigenvalue weighted by Crippen LogP contribution is 2.39. The monoisotopic (exact) mass is 283 g/mol. The molecule has 21 heavy (non-hydrogen) atoms. The molecule has 1 fully saturated rings. The van der Waals surface area contributed by atoms with Gasteiger partial charge in [-0.15, -0.1) is 0 Å². The van der Waals surface area contributed by atoms with Gasteiger partial charge in [0.25, 0.3) is 5.91 Å². The summed E-state index contributed by atoms with van der Waals surface area (Å²) in [6, 6.07) is 7.66. The predicted octanol–water partition coefficient (Wildman–Crippen LogP) is 2.81. The van der Waals surface area contributed by atoms with Crippen LogP contribution in [-0.2, 0) is 6.54 Å². The molecule has 1 N–H and O–H groups in total. The highest BCUT2D eigenvalue weighted by Gasteiger charge is 2.28. The van der Waals surface area contributed by atoms with Crippen LogP contribution >= 0.6 is 0 Å². The number of carbonyl (C=O) groups is 1. The largest absolute Gasteiger partial charge is 0.350 e. The molecule has 3 rings (SSSR count). The first-order chi connectivity index (χ1) is 10.1. The van der Waals surface area contributed by atoms with E-state index in [-0.39, 0.29) is 5.91 Å². The van der Waals surface area contributed by atoms with Crippen LogP contribution in [0.1, 0.15) is 46.2 Å². The molecule has 1 amide bonds. The van der Waals surface area contributed by atoms with Gasteiger partial charge in [0.15, 0.2) is 0 Å². The molecule has 110 valence electrons. The highest BCUT2D eigenvalue weighted by molar-refractivity contribution is 5.94. The van der Waals surface area contributed by atoms with Gasteiger partial charge in [0.05, 0.1) is 0 Å². The van der Waals surface area contributed by atoms with E-state index in [9.17, 15) is 4.79 Å². The van der Waals surface area contributed by atoms with E-state index >= 15 is 0 Å². The van der Waals surface area contributed by atoms with Crippen LogP contribution < -0.4 is 5.32 Å². The molecule has 4 heteroatoms. The van der Waals surface area contributed by atoms with Gasteiger partial charge in [-0.3, -0.25) is 4.79 Å². The van der Waals surface area contributed by atoms with Gasteiger partial charge in [-0.1, -0.05) is 17.7 Å². The minimum atomic E-state index is -0.00978. The fourth-order valence-electron chi connectivity index (χ4n) is 2.61. The lowest BCUT2D eigenvalue weighted by atomic mass is 10.1. The number of carbonyl (C=O) groups excluding carboxylic acids is 1. The molecule has 0 atom stereocenters. The third kappa shape index (κ3) is 3.15. The van der Waals surface area contributed by atoms with Gasteiger partial charge in [0.2, 0.25) is 0 Å². The number of hydrogen-bond donors (Lipinski definition) is 1. The lowest BCUT2D eigenvalue weighted by Gasteiger charge is -2.11. The molecule has 1 aromatic heterocycles. The van der Waals surface area contributed by atoms with Crippen molar-refractivity contribution in [2.75, 3.05) is 6.54 Å². The van der Waals surface area contributed by atoms with Crippen LogP contribution in [0.3, 0.4) is 0 Å². The number of hydrogen-bond acceptors (Lipinski definition) is 2. The number of aryl methyl sites for hydroxylation is 2. The minimum Gasteiger partial charge on any atom is -0.350 e. The predicted molar refractivity (Wildman–Crippen MR) is 82.5 cm³/mol. The van der Waals surface area contributed by atoms with Crippen molar-refractivity contribution in [1.29, 1.82) is 0 Å². The SMILES string of the molecule is Cc1cccc(C(=O)NCCn2c(C)cnc2C2CC2)c1.